The fraction of sp³-hybridized carbons (Fsp3) is 0.367. The summed E-state index contributed by atoms with van der Waals surface area (Å²) in [5.74, 6) is -0.573. The van der Waals surface area contributed by atoms with E-state index in [-0.39, 0.29) is 23.3 Å². The van der Waals surface area contributed by atoms with Crippen LogP contribution in [-0.4, -0.2) is 48.8 Å². The van der Waals surface area contributed by atoms with Gasteiger partial charge in [-0.05, 0) is 36.8 Å². The molecule has 232 valence electrons. The number of hydrogen-bond donors (Lipinski definition) is 4. The lowest BCUT2D eigenvalue weighted by Gasteiger charge is -2.08. The fourth-order valence-corrected chi connectivity index (χ4v) is 3.74. The van der Waals surface area contributed by atoms with Gasteiger partial charge in [0, 0.05) is 36.3 Å². The van der Waals surface area contributed by atoms with Gasteiger partial charge in [0.15, 0.2) is 6.04 Å². The van der Waals surface area contributed by atoms with Crippen LogP contribution in [0.5, 0.6) is 5.75 Å². The van der Waals surface area contributed by atoms with E-state index in [0.717, 1.165) is 16.9 Å². The first-order chi connectivity index (χ1) is 20.4. The molecule has 1 aromatic carbocycles. The number of rotatable bonds is 6. The van der Waals surface area contributed by atoms with Gasteiger partial charge in [-0.2, -0.15) is 0 Å². The largest absolute Gasteiger partial charge is 0.497 e. The maximum Gasteiger partial charge on any atom is 0.325 e. The summed E-state index contributed by atoms with van der Waals surface area (Å²) >= 11 is 0. The van der Waals surface area contributed by atoms with Crippen molar-refractivity contribution in [1.82, 2.24) is 26.2 Å². The lowest BCUT2D eigenvalue weighted by atomic mass is 10.1. The Morgan fingerprint density at radius 3 is 2.37 bits per heavy atom. The molecule has 0 saturated carbocycles. The van der Waals surface area contributed by atoms with Gasteiger partial charge in [0.2, 0.25) is 5.91 Å². The number of amides is 7. The molecule has 2 aromatic rings. The van der Waals surface area contributed by atoms with Crippen LogP contribution < -0.4 is 26.0 Å². The summed E-state index contributed by atoms with van der Waals surface area (Å²) in [6.07, 6.45) is 9.43. The third kappa shape index (κ3) is 9.74. The number of fused-ring (bicyclic) bond motifs is 1. The minimum Gasteiger partial charge on any atom is -0.497 e. The first kappa shape index (κ1) is 35.9. The summed E-state index contributed by atoms with van der Waals surface area (Å²) in [7, 11) is 3.40. The molecule has 12 nitrogen and oxygen atoms in total. The lowest BCUT2D eigenvalue weighted by molar-refractivity contribution is -0.123. The number of nitrogens with one attached hydrogen (secondary N) is 4. The number of urea groups is 2. The molecule has 1 saturated heterocycles. The van der Waals surface area contributed by atoms with E-state index in [4.69, 9.17) is 9.15 Å². The topological polar surface area (TPSA) is 159 Å². The summed E-state index contributed by atoms with van der Waals surface area (Å²) in [6, 6.07) is 4.58. The Kier molecular flexibility index (Phi) is 14.2. The van der Waals surface area contributed by atoms with E-state index in [9.17, 15) is 28.4 Å². The normalized spacial score (nSPS) is 15.0. The number of furan rings is 1. The minimum absolute atomic E-state index is 0.0613. The number of halogens is 1. The van der Waals surface area contributed by atoms with Crippen LogP contribution in [0.3, 0.4) is 0 Å². The number of imide groups is 2. The zero-order chi connectivity index (χ0) is 32.9. The number of ether oxygens (including phenoxy) is 1. The Hall–Kier alpha value is -5.12. The van der Waals surface area contributed by atoms with Crippen molar-refractivity contribution < 1.29 is 37.5 Å². The predicted octanol–water partition coefficient (Wildman–Crippen LogP) is 4.03. The number of allylic oxidation sites excluding steroid dienone is 1. The molecule has 0 radical (unpaired) electrons. The average molecular weight is 600 g/mol. The van der Waals surface area contributed by atoms with Crippen molar-refractivity contribution in [2.45, 2.75) is 53.9 Å². The summed E-state index contributed by atoms with van der Waals surface area (Å²) in [4.78, 5) is 59.3. The number of nitrogens with zero attached hydrogens (tertiary/aromatic N) is 1. The summed E-state index contributed by atoms with van der Waals surface area (Å²) in [5, 5.41) is 8.99. The average Bonchev–Trinajstić information content (AvgIpc) is 3.64. The van der Waals surface area contributed by atoms with E-state index in [2.05, 4.69) is 34.1 Å². The van der Waals surface area contributed by atoms with Crippen LogP contribution in [-0.2, 0) is 22.8 Å². The Morgan fingerprint density at radius 2 is 1.84 bits per heavy atom. The van der Waals surface area contributed by atoms with E-state index in [1.54, 1.807) is 39.0 Å². The number of alkyl halides is 1. The molecule has 0 aliphatic carbocycles. The first-order valence-corrected chi connectivity index (χ1v) is 13.3. The maximum absolute atomic E-state index is 13.2. The van der Waals surface area contributed by atoms with Gasteiger partial charge in [-0.3, -0.25) is 25.0 Å². The van der Waals surface area contributed by atoms with E-state index in [0.29, 0.717) is 17.8 Å². The molecule has 43 heavy (non-hydrogen) atoms. The van der Waals surface area contributed by atoms with E-state index >= 15 is 0 Å². The van der Waals surface area contributed by atoms with Gasteiger partial charge in [0.25, 0.3) is 11.8 Å². The Bertz CT molecular complexity index is 1380. The molecule has 4 rings (SSSR count). The third-order valence-electron chi connectivity index (χ3n) is 5.79. The number of benzene rings is 1. The molecule has 1 atom stereocenters. The number of carbonyl (C=O) groups is 5. The zero-order valence-electron chi connectivity index (χ0n) is 25.3. The Balaban J connectivity index is 0.000000452. The van der Waals surface area contributed by atoms with Crippen LogP contribution in [0.15, 0.2) is 34.4 Å². The van der Waals surface area contributed by atoms with Crippen molar-refractivity contribution in [2.75, 3.05) is 14.2 Å². The first-order valence-electron chi connectivity index (χ1n) is 13.3. The van der Waals surface area contributed by atoms with Crippen LogP contribution in [0.4, 0.5) is 14.0 Å². The molecule has 0 spiro atoms. The smallest absolute Gasteiger partial charge is 0.325 e. The highest BCUT2D eigenvalue weighted by Crippen LogP contribution is 2.26. The quantitative estimate of drug-likeness (QED) is 0.288. The van der Waals surface area contributed by atoms with Crippen molar-refractivity contribution in [3.8, 4) is 18.6 Å². The summed E-state index contributed by atoms with van der Waals surface area (Å²) in [6.45, 7) is 8.59. The molecule has 2 aliphatic rings. The van der Waals surface area contributed by atoms with Crippen molar-refractivity contribution in [3.63, 3.8) is 0 Å². The standard InChI is InChI=1S/C16H19FN4O5.C10H11NO2.C2H6.C2H2/c1-7(2)13(22)20-15(24)18-8(3)4-9-5-10(26-11(9)6-17)12-14(23)21-16(25)19-12;1-11-6-7-3-4-8(13-2)5-9(7)10(11)12;2*1-2/h4-5,7,12H,6H2,1-3H3,(H2,18,20,22,24)(H2,19,21,23,25);3-5H,6H2,1-2H3;1-2H3;1-2H/b8-4+;;;. The summed E-state index contributed by atoms with van der Waals surface area (Å²) in [5.41, 5.74) is 2.46. The van der Waals surface area contributed by atoms with Crippen molar-refractivity contribution in [1.29, 1.82) is 0 Å². The van der Waals surface area contributed by atoms with Gasteiger partial charge in [0.1, 0.15) is 23.9 Å². The second-order valence-electron chi connectivity index (χ2n) is 9.17. The van der Waals surface area contributed by atoms with Crippen LogP contribution >= 0.6 is 0 Å². The predicted molar refractivity (Wildman–Crippen MR) is 158 cm³/mol. The van der Waals surface area contributed by atoms with Gasteiger partial charge in [0.05, 0.1) is 7.11 Å². The molecule has 13 heteroatoms. The van der Waals surface area contributed by atoms with E-state index in [1.807, 2.05) is 26.0 Å². The molecule has 1 unspecified atom stereocenters. The fourth-order valence-electron chi connectivity index (χ4n) is 3.74. The molecular weight excluding hydrogens is 561 g/mol. The van der Waals surface area contributed by atoms with Gasteiger partial charge in [-0.25, -0.2) is 14.0 Å². The molecule has 4 N–H and O–H groups in total. The molecule has 1 fully saturated rings. The Labute approximate surface area is 250 Å². The van der Waals surface area contributed by atoms with Crippen LogP contribution in [0.25, 0.3) is 6.08 Å². The molecule has 2 aliphatic heterocycles. The molecule has 3 heterocycles. The van der Waals surface area contributed by atoms with Gasteiger partial charge in [-0.1, -0.05) is 33.8 Å². The van der Waals surface area contributed by atoms with E-state index in [1.165, 1.54) is 19.1 Å². The summed E-state index contributed by atoms with van der Waals surface area (Å²) < 4.78 is 23.5. The van der Waals surface area contributed by atoms with Crippen LogP contribution in [0.2, 0.25) is 0 Å². The number of terminal acetylenes is 1. The maximum atomic E-state index is 13.2. The van der Waals surface area contributed by atoms with Crippen LogP contribution in [0, 0.1) is 18.8 Å². The lowest BCUT2D eigenvalue weighted by Crippen LogP contribution is -2.40. The number of methoxy groups -OCH3 is 1. The monoisotopic (exact) mass is 599 g/mol. The van der Waals surface area contributed by atoms with Gasteiger partial charge < -0.3 is 24.7 Å². The second-order valence-corrected chi connectivity index (χ2v) is 9.17. The van der Waals surface area contributed by atoms with E-state index < -0.39 is 36.6 Å². The zero-order valence-corrected chi connectivity index (χ0v) is 25.3. The Morgan fingerprint density at radius 1 is 1.19 bits per heavy atom. The molecular formula is C30H38FN5O7. The van der Waals surface area contributed by atoms with Crippen molar-refractivity contribution in [2.24, 2.45) is 5.92 Å². The van der Waals surface area contributed by atoms with Crippen molar-refractivity contribution in [3.05, 3.63) is 58.2 Å². The molecule has 7 amide bonds. The highest BCUT2D eigenvalue weighted by Gasteiger charge is 2.34. The molecule has 0 bridgehead atoms. The van der Waals surface area contributed by atoms with Crippen molar-refractivity contribution >= 4 is 35.9 Å². The number of hydrogen-bond acceptors (Lipinski definition) is 7. The number of carbonyl (C=O) groups excluding carboxylic acids is 5. The SMILES string of the molecule is C#C.C/C(=C\c1cc(C2NC(=O)NC2=O)oc1CF)NC(=O)NC(=O)C(C)C.CC.COc1ccc2c(c1)C(=O)N(C)C2. The minimum atomic E-state index is -1.05. The molecule has 1 aromatic heterocycles. The highest BCUT2D eigenvalue weighted by molar-refractivity contribution is 6.04. The second kappa shape index (κ2) is 17.0. The van der Waals surface area contributed by atoms with Crippen LogP contribution in [0.1, 0.15) is 73.7 Å². The van der Waals surface area contributed by atoms with Gasteiger partial charge in [-0.15, -0.1) is 12.8 Å². The third-order valence-corrected chi connectivity index (χ3v) is 5.79. The highest BCUT2D eigenvalue weighted by atomic mass is 19.1. The van der Waals surface area contributed by atoms with Gasteiger partial charge >= 0.3 is 12.1 Å².